The predicted molar refractivity (Wildman–Crippen MR) is 75.5 cm³/mol. The normalized spacial score (nSPS) is 10.4. The first-order valence-electron chi connectivity index (χ1n) is 5.72. The molecule has 2 rings (SSSR count). The summed E-state index contributed by atoms with van der Waals surface area (Å²) in [6, 6.07) is 4.90. The highest BCUT2D eigenvalue weighted by Crippen LogP contribution is 2.22. The smallest absolute Gasteiger partial charge is 0.355 e. The van der Waals surface area contributed by atoms with Crippen LogP contribution >= 0.6 is 23.2 Å². The van der Waals surface area contributed by atoms with Gasteiger partial charge in [-0.1, -0.05) is 23.2 Å². The van der Waals surface area contributed by atoms with Crippen molar-refractivity contribution in [1.29, 1.82) is 0 Å². The number of aromatic nitrogens is 2. The maximum Gasteiger partial charge on any atom is 0.355 e. The molecule has 1 N–H and O–H groups in total. The third-order valence-corrected chi connectivity index (χ3v) is 3.20. The van der Waals surface area contributed by atoms with Crippen molar-refractivity contribution in [2.24, 2.45) is 0 Å². The van der Waals surface area contributed by atoms with E-state index >= 15 is 0 Å². The highest BCUT2D eigenvalue weighted by molar-refractivity contribution is 6.41. The van der Waals surface area contributed by atoms with E-state index in [4.69, 9.17) is 32.7 Å². The first kappa shape index (κ1) is 14.7. The van der Waals surface area contributed by atoms with Crippen LogP contribution in [0.5, 0.6) is 5.75 Å². The molecule has 0 radical (unpaired) electrons. The van der Waals surface area contributed by atoms with Crippen LogP contribution < -0.4 is 4.74 Å². The van der Waals surface area contributed by atoms with E-state index < -0.39 is 5.97 Å². The van der Waals surface area contributed by atoms with Gasteiger partial charge in [-0.05, 0) is 13.0 Å². The molecule has 0 aliphatic rings. The highest BCUT2D eigenvalue weighted by Gasteiger charge is 2.13. The van der Waals surface area contributed by atoms with Crippen LogP contribution in [-0.4, -0.2) is 23.0 Å². The van der Waals surface area contributed by atoms with Gasteiger partial charge in [0, 0.05) is 17.8 Å². The number of hydrogen-bond acceptors (Lipinski definition) is 4. The fourth-order valence-corrected chi connectivity index (χ4v) is 1.94. The zero-order valence-corrected chi connectivity index (χ0v) is 12.4. The van der Waals surface area contributed by atoms with Gasteiger partial charge in [0.1, 0.15) is 23.2 Å². The number of nitrogens with one attached hydrogen (secondary N) is 1. The Morgan fingerprint density at radius 3 is 2.70 bits per heavy atom. The third kappa shape index (κ3) is 3.43. The summed E-state index contributed by atoms with van der Waals surface area (Å²) in [5.74, 6) is 0.107. The Hall–Kier alpha value is -1.72. The second kappa shape index (κ2) is 6.15. The first-order valence-corrected chi connectivity index (χ1v) is 6.48. The lowest BCUT2D eigenvalue weighted by molar-refractivity contribution is 0.0461. The predicted octanol–water partition coefficient (Wildman–Crippen LogP) is 3.39. The van der Waals surface area contributed by atoms with E-state index in [9.17, 15) is 4.79 Å². The minimum Gasteiger partial charge on any atom is -0.497 e. The van der Waals surface area contributed by atoms with Crippen LogP contribution in [0.4, 0.5) is 0 Å². The van der Waals surface area contributed by atoms with Gasteiger partial charge in [-0.3, -0.25) is 4.98 Å². The molecule has 2 heterocycles. The van der Waals surface area contributed by atoms with Crippen LogP contribution in [0.1, 0.15) is 21.9 Å². The Morgan fingerprint density at radius 2 is 2.10 bits per heavy atom. The van der Waals surface area contributed by atoms with Gasteiger partial charge in [0.25, 0.3) is 0 Å². The summed E-state index contributed by atoms with van der Waals surface area (Å²) in [4.78, 5) is 18.7. The van der Waals surface area contributed by atoms with Crippen LogP contribution in [-0.2, 0) is 11.3 Å². The summed E-state index contributed by atoms with van der Waals surface area (Å²) in [6.07, 6.45) is 0. The van der Waals surface area contributed by atoms with Crippen molar-refractivity contribution in [3.63, 3.8) is 0 Å². The number of aromatic amines is 1. The number of nitrogens with zero attached hydrogens (tertiary/aromatic N) is 1. The van der Waals surface area contributed by atoms with Gasteiger partial charge in [0.2, 0.25) is 0 Å². The summed E-state index contributed by atoms with van der Waals surface area (Å²) < 4.78 is 10.3. The maximum absolute atomic E-state index is 11.8. The van der Waals surface area contributed by atoms with Gasteiger partial charge < -0.3 is 14.5 Å². The Bertz CT molecular complexity index is 621. The molecule has 0 amide bonds. The molecule has 5 nitrogen and oxygen atoms in total. The molecule has 7 heteroatoms. The van der Waals surface area contributed by atoms with E-state index in [2.05, 4.69) is 9.97 Å². The summed E-state index contributed by atoms with van der Waals surface area (Å²) in [5, 5.41) is 0.475. The average molecular weight is 315 g/mol. The number of hydrogen-bond donors (Lipinski definition) is 1. The number of H-pyrrole nitrogens is 1. The zero-order valence-electron chi connectivity index (χ0n) is 10.9. The fraction of sp³-hybridized carbons (Fsp3) is 0.231. The molecule has 0 atom stereocenters. The second-order valence-electron chi connectivity index (χ2n) is 4.06. The van der Waals surface area contributed by atoms with E-state index in [-0.39, 0.29) is 22.5 Å². The number of halogens is 2. The number of rotatable bonds is 4. The minimum atomic E-state index is -0.555. The SMILES string of the molecule is COc1cc(C)nc(COC(=O)c2cc(Cl)c(Cl)[nH]2)c1. The summed E-state index contributed by atoms with van der Waals surface area (Å²) >= 11 is 11.5. The molecule has 0 saturated carbocycles. The van der Waals surface area contributed by atoms with Crippen molar-refractivity contribution in [3.05, 3.63) is 45.5 Å². The van der Waals surface area contributed by atoms with E-state index in [1.54, 1.807) is 19.2 Å². The molecule has 0 bridgehead atoms. The lowest BCUT2D eigenvalue weighted by Gasteiger charge is -2.06. The molecule has 2 aromatic heterocycles. The molecule has 106 valence electrons. The number of carbonyl (C=O) groups is 1. The maximum atomic E-state index is 11.8. The molecule has 0 fully saturated rings. The molecule has 0 spiro atoms. The van der Waals surface area contributed by atoms with Gasteiger partial charge in [-0.15, -0.1) is 0 Å². The Morgan fingerprint density at radius 1 is 1.35 bits per heavy atom. The fourth-order valence-electron chi connectivity index (χ4n) is 1.63. The molecular formula is C13H12Cl2N2O3. The van der Waals surface area contributed by atoms with Gasteiger partial charge in [-0.2, -0.15) is 0 Å². The van der Waals surface area contributed by atoms with Crippen LogP contribution in [0.25, 0.3) is 0 Å². The molecule has 0 aromatic carbocycles. The van der Waals surface area contributed by atoms with Crippen molar-refractivity contribution < 1.29 is 14.3 Å². The van der Waals surface area contributed by atoms with Gasteiger partial charge in [0.15, 0.2) is 0 Å². The monoisotopic (exact) mass is 314 g/mol. The van der Waals surface area contributed by atoms with Crippen molar-refractivity contribution in [2.45, 2.75) is 13.5 Å². The van der Waals surface area contributed by atoms with Gasteiger partial charge >= 0.3 is 5.97 Å². The number of carbonyl (C=O) groups excluding carboxylic acids is 1. The molecule has 0 aliphatic carbocycles. The zero-order chi connectivity index (χ0) is 14.7. The molecular weight excluding hydrogens is 303 g/mol. The standard InChI is InChI=1S/C13H12Cl2N2O3/c1-7-3-9(19-2)4-8(16-7)6-20-13(18)11-5-10(14)12(15)17-11/h3-5,17H,6H2,1-2H3. The number of ether oxygens (including phenoxy) is 2. The van der Waals surface area contributed by atoms with Crippen LogP contribution in [0.3, 0.4) is 0 Å². The molecule has 0 aliphatic heterocycles. The average Bonchev–Trinajstić information content (AvgIpc) is 2.75. The number of methoxy groups -OCH3 is 1. The molecule has 0 saturated heterocycles. The number of aryl methyl sites for hydroxylation is 1. The Labute approximate surface area is 125 Å². The van der Waals surface area contributed by atoms with Crippen molar-refractivity contribution >= 4 is 29.2 Å². The third-order valence-electron chi connectivity index (χ3n) is 2.51. The number of esters is 1. The molecule has 20 heavy (non-hydrogen) atoms. The minimum absolute atomic E-state index is 0.0329. The van der Waals surface area contributed by atoms with E-state index in [1.807, 2.05) is 6.92 Å². The van der Waals surface area contributed by atoms with Crippen molar-refractivity contribution in [1.82, 2.24) is 9.97 Å². The van der Waals surface area contributed by atoms with Crippen LogP contribution in [0.2, 0.25) is 10.2 Å². The van der Waals surface area contributed by atoms with Crippen LogP contribution in [0, 0.1) is 6.92 Å². The first-order chi connectivity index (χ1) is 9.49. The molecule has 0 unspecified atom stereocenters. The largest absolute Gasteiger partial charge is 0.497 e. The topological polar surface area (TPSA) is 64.2 Å². The Kier molecular flexibility index (Phi) is 4.52. The van der Waals surface area contributed by atoms with E-state index in [0.29, 0.717) is 11.4 Å². The lowest BCUT2D eigenvalue weighted by atomic mass is 10.3. The van der Waals surface area contributed by atoms with Crippen LogP contribution in [0.15, 0.2) is 18.2 Å². The quantitative estimate of drug-likeness (QED) is 0.878. The van der Waals surface area contributed by atoms with Gasteiger partial charge in [0.05, 0.1) is 17.8 Å². The summed E-state index contributed by atoms with van der Waals surface area (Å²) in [5.41, 5.74) is 1.57. The van der Waals surface area contributed by atoms with Gasteiger partial charge in [-0.25, -0.2) is 4.79 Å². The van der Waals surface area contributed by atoms with E-state index in [0.717, 1.165) is 5.69 Å². The van der Waals surface area contributed by atoms with Crippen molar-refractivity contribution in [3.8, 4) is 5.75 Å². The second-order valence-corrected chi connectivity index (χ2v) is 4.85. The number of pyridine rings is 1. The Balaban J connectivity index is 2.05. The van der Waals surface area contributed by atoms with E-state index in [1.165, 1.54) is 6.07 Å². The molecule has 2 aromatic rings. The highest BCUT2D eigenvalue weighted by atomic mass is 35.5. The summed E-state index contributed by atoms with van der Waals surface area (Å²) in [6.45, 7) is 1.86. The van der Waals surface area contributed by atoms with Crippen molar-refractivity contribution in [2.75, 3.05) is 7.11 Å². The summed E-state index contributed by atoms with van der Waals surface area (Å²) in [7, 11) is 1.56. The lowest BCUT2D eigenvalue weighted by Crippen LogP contribution is -2.07.